The fourth-order valence-corrected chi connectivity index (χ4v) is 2.59. The lowest BCUT2D eigenvalue weighted by Crippen LogP contribution is -2.17. The third kappa shape index (κ3) is 2.52. The summed E-state index contributed by atoms with van der Waals surface area (Å²) in [6.07, 6.45) is 1.70. The molecule has 0 radical (unpaired) electrons. The van der Waals surface area contributed by atoms with E-state index in [1.807, 2.05) is 6.92 Å². The number of fused-ring (bicyclic) bond motifs is 1. The minimum atomic E-state index is -0.507. The highest BCUT2D eigenvalue weighted by Gasteiger charge is 2.17. The molecule has 0 aliphatic carbocycles. The second-order valence-electron chi connectivity index (χ2n) is 5.23. The van der Waals surface area contributed by atoms with Crippen molar-refractivity contribution >= 4 is 22.5 Å². The molecule has 0 saturated heterocycles. The lowest BCUT2D eigenvalue weighted by molar-refractivity contribution is 0.101. The maximum absolute atomic E-state index is 13.7. The van der Waals surface area contributed by atoms with Crippen LogP contribution in [0.3, 0.4) is 0 Å². The second kappa shape index (κ2) is 5.72. The number of amides is 1. The highest BCUT2D eigenvalue weighted by Crippen LogP contribution is 2.18. The monoisotopic (exact) mass is 313 g/mol. The Labute approximate surface area is 132 Å². The number of anilines is 1. The van der Waals surface area contributed by atoms with Crippen molar-refractivity contribution in [2.24, 2.45) is 7.05 Å². The Morgan fingerprint density at radius 3 is 2.70 bits per heavy atom. The van der Waals surface area contributed by atoms with E-state index in [0.717, 1.165) is 0 Å². The zero-order valence-corrected chi connectivity index (χ0v) is 12.8. The van der Waals surface area contributed by atoms with E-state index in [-0.39, 0.29) is 11.2 Å². The van der Waals surface area contributed by atoms with Gasteiger partial charge >= 0.3 is 0 Å². The number of nitrogens with one attached hydrogen (secondary N) is 1. The van der Waals surface area contributed by atoms with Crippen molar-refractivity contribution in [1.82, 2.24) is 9.13 Å². The number of hydrogen-bond acceptors (Lipinski definition) is 2. The molecule has 5 nitrogen and oxygen atoms in total. The Balaban J connectivity index is 2.05. The van der Waals surface area contributed by atoms with Gasteiger partial charge in [0.15, 0.2) is 0 Å². The van der Waals surface area contributed by atoms with Crippen LogP contribution < -0.4 is 10.9 Å². The van der Waals surface area contributed by atoms with E-state index in [0.29, 0.717) is 23.1 Å². The van der Waals surface area contributed by atoms with Crippen molar-refractivity contribution in [1.29, 1.82) is 0 Å². The summed E-state index contributed by atoms with van der Waals surface area (Å²) in [5.74, 6) is -0.968. The summed E-state index contributed by atoms with van der Waals surface area (Å²) < 4.78 is 16.9. The van der Waals surface area contributed by atoms with Crippen molar-refractivity contribution in [2.75, 3.05) is 5.32 Å². The number of halogens is 1. The maximum Gasteiger partial charge on any atom is 0.272 e. The molecule has 0 aliphatic rings. The Hall–Kier alpha value is -2.89. The van der Waals surface area contributed by atoms with Crippen molar-refractivity contribution < 1.29 is 9.18 Å². The third-order valence-corrected chi connectivity index (χ3v) is 3.88. The molecular weight excluding hydrogens is 297 g/mol. The summed E-state index contributed by atoms with van der Waals surface area (Å²) in [5, 5.41) is 3.00. The van der Waals surface area contributed by atoms with Crippen molar-refractivity contribution in [2.45, 2.75) is 13.5 Å². The van der Waals surface area contributed by atoms with E-state index in [1.54, 1.807) is 46.6 Å². The van der Waals surface area contributed by atoms with Crippen molar-refractivity contribution in [3.63, 3.8) is 0 Å². The molecule has 0 spiro atoms. The Bertz CT molecular complexity index is 956. The minimum Gasteiger partial charge on any atom is -0.339 e. The normalized spacial score (nSPS) is 10.9. The van der Waals surface area contributed by atoms with E-state index in [4.69, 9.17) is 0 Å². The average Bonchev–Trinajstić information content (AvgIpc) is 2.88. The van der Waals surface area contributed by atoms with Gasteiger partial charge in [-0.3, -0.25) is 9.59 Å². The lowest BCUT2D eigenvalue weighted by atomic mass is 10.2. The molecule has 0 saturated carbocycles. The van der Waals surface area contributed by atoms with Crippen molar-refractivity contribution in [3.05, 3.63) is 64.5 Å². The molecular formula is C17H16FN3O2. The van der Waals surface area contributed by atoms with Gasteiger partial charge in [-0.05, 0) is 31.2 Å². The fourth-order valence-electron chi connectivity index (χ4n) is 2.59. The van der Waals surface area contributed by atoms with Crippen LogP contribution in [-0.4, -0.2) is 15.0 Å². The SMILES string of the molecule is CCn1ccc2c(cc(C(=O)Nc3ccccc3F)n2C)c1=O. The molecule has 0 fully saturated rings. The molecule has 118 valence electrons. The first kappa shape index (κ1) is 15.0. The predicted octanol–water partition coefficient (Wildman–Crippen LogP) is 2.75. The van der Waals surface area contributed by atoms with Crippen molar-refractivity contribution in [3.8, 4) is 0 Å². The minimum absolute atomic E-state index is 0.105. The van der Waals surface area contributed by atoms with E-state index >= 15 is 0 Å². The van der Waals surface area contributed by atoms with Gasteiger partial charge in [0.2, 0.25) is 0 Å². The number of carbonyl (C=O) groups excluding carboxylic acids is 1. The predicted molar refractivity (Wildman–Crippen MR) is 87.2 cm³/mol. The molecule has 0 unspecified atom stereocenters. The summed E-state index contributed by atoms with van der Waals surface area (Å²) >= 11 is 0. The standard InChI is InChI=1S/C17H16FN3O2/c1-3-21-9-8-14-11(17(21)23)10-15(20(14)2)16(22)19-13-7-5-4-6-12(13)18/h4-10H,3H2,1-2H3,(H,19,22). The molecule has 23 heavy (non-hydrogen) atoms. The highest BCUT2D eigenvalue weighted by atomic mass is 19.1. The van der Waals surface area contributed by atoms with Crippen LogP contribution in [0.2, 0.25) is 0 Å². The molecule has 2 heterocycles. The Morgan fingerprint density at radius 2 is 2.00 bits per heavy atom. The number of hydrogen-bond donors (Lipinski definition) is 1. The maximum atomic E-state index is 13.7. The average molecular weight is 313 g/mol. The number of aryl methyl sites for hydroxylation is 2. The summed E-state index contributed by atoms with van der Waals surface area (Å²) in [6, 6.07) is 9.28. The summed E-state index contributed by atoms with van der Waals surface area (Å²) in [5.41, 5.74) is 0.923. The van der Waals surface area contributed by atoms with Crippen LogP contribution in [0.15, 0.2) is 47.4 Å². The van der Waals surface area contributed by atoms with E-state index in [9.17, 15) is 14.0 Å². The summed E-state index contributed by atoms with van der Waals surface area (Å²) in [4.78, 5) is 24.7. The van der Waals surface area contributed by atoms with Crippen LogP contribution >= 0.6 is 0 Å². The number of carbonyl (C=O) groups is 1. The quantitative estimate of drug-likeness (QED) is 0.808. The molecule has 1 N–H and O–H groups in total. The Kier molecular flexibility index (Phi) is 3.73. The van der Waals surface area contributed by atoms with Gasteiger partial charge in [-0.15, -0.1) is 0 Å². The first-order chi connectivity index (χ1) is 11.0. The second-order valence-corrected chi connectivity index (χ2v) is 5.23. The first-order valence-corrected chi connectivity index (χ1v) is 7.27. The van der Waals surface area contributed by atoms with Gasteiger partial charge in [-0.25, -0.2) is 4.39 Å². The van der Waals surface area contributed by atoms with Crippen LogP contribution in [0, 0.1) is 5.82 Å². The molecule has 1 amide bonds. The molecule has 0 atom stereocenters. The Morgan fingerprint density at radius 1 is 1.26 bits per heavy atom. The first-order valence-electron chi connectivity index (χ1n) is 7.27. The van der Waals surface area contributed by atoms with Gasteiger partial charge in [-0.1, -0.05) is 12.1 Å². The van der Waals surface area contributed by atoms with E-state index < -0.39 is 11.7 Å². The van der Waals surface area contributed by atoms with E-state index in [2.05, 4.69) is 5.32 Å². The highest BCUT2D eigenvalue weighted by molar-refractivity contribution is 6.06. The van der Waals surface area contributed by atoms with Gasteiger partial charge in [-0.2, -0.15) is 0 Å². The van der Waals surface area contributed by atoms with Crippen LogP contribution in [0.25, 0.3) is 10.9 Å². The molecule has 1 aromatic carbocycles. The lowest BCUT2D eigenvalue weighted by Gasteiger charge is -2.07. The number of benzene rings is 1. The number of nitrogens with zero attached hydrogens (tertiary/aromatic N) is 2. The van der Waals surface area contributed by atoms with Gasteiger partial charge in [0.1, 0.15) is 11.5 Å². The molecule has 6 heteroatoms. The largest absolute Gasteiger partial charge is 0.339 e. The van der Waals surface area contributed by atoms with Gasteiger partial charge < -0.3 is 14.5 Å². The topological polar surface area (TPSA) is 56.0 Å². The number of para-hydroxylation sites is 1. The number of aromatic nitrogens is 2. The van der Waals surface area contributed by atoms with Crippen LogP contribution in [0.1, 0.15) is 17.4 Å². The third-order valence-electron chi connectivity index (χ3n) is 3.88. The summed E-state index contributed by atoms with van der Waals surface area (Å²) in [6.45, 7) is 2.43. The van der Waals surface area contributed by atoms with Crippen LogP contribution in [-0.2, 0) is 13.6 Å². The van der Waals surface area contributed by atoms with Crippen LogP contribution in [0.5, 0.6) is 0 Å². The summed E-state index contributed by atoms with van der Waals surface area (Å²) in [7, 11) is 1.70. The zero-order chi connectivity index (χ0) is 16.6. The zero-order valence-electron chi connectivity index (χ0n) is 12.8. The number of pyridine rings is 1. The molecule has 0 aliphatic heterocycles. The van der Waals surface area contributed by atoms with Gasteiger partial charge in [0.25, 0.3) is 11.5 Å². The van der Waals surface area contributed by atoms with Gasteiger partial charge in [0, 0.05) is 19.8 Å². The fraction of sp³-hybridized carbons (Fsp3) is 0.176. The smallest absolute Gasteiger partial charge is 0.272 e. The van der Waals surface area contributed by atoms with E-state index in [1.165, 1.54) is 12.1 Å². The molecule has 3 rings (SSSR count). The molecule has 3 aromatic rings. The van der Waals surface area contributed by atoms with Crippen LogP contribution in [0.4, 0.5) is 10.1 Å². The number of rotatable bonds is 3. The molecule has 0 bridgehead atoms. The molecule has 2 aromatic heterocycles. The van der Waals surface area contributed by atoms with Gasteiger partial charge in [0.05, 0.1) is 16.6 Å².